The zero-order chi connectivity index (χ0) is 20.9. The summed E-state index contributed by atoms with van der Waals surface area (Å²) in [5.74, 6) is 0.883. The number of nitrogens with zero attached hydrogens (tertiary/aromatic N) is 6. The van der Waals surface area contributed by atoms with Gasteiger partial charge in [0.15, 0.2) is 17.0 Å². The third-order valence-electron chi connectivity index (χ3n) is 5.64. The number of ether oxygens (including phenoxy) is 1. The minimum absolute atomic E-state index is 0.0507. The van der Waals surface area contributed by atoms with E-state index >= 15 is 0 Å². The molecule has 2 saturated heterocycles. The lowest BCUT2D eigenvalue weighted by Gasteiger charge is -2.36. The SMILES string of the molecule is CC.OCC1CCC(n2cnc3c(N4CCN(c5ccccc5)CC4)ncnc32)O1. The molecule has 8 nitrogen and oxygen atoms in total. The van der Waals surface area contributed by atoms with E-state index in [0.29, 0.717) is 0 Å². The molecule has 2 fully saturated rings. The molecule has 4 heterocycles. The Bertz CT molecular complexity index is 939. The molecule has 2 unspecified atom stereocenters. The number of hydrogen-bond acceptors (Lipinski definition) is 7. The van der Waals surface area contributed by atoms with Gasteiger partial charge in [0.2, 0.25) is 0 Å². The van der Waals surface area contributed by atoms with Crippen LogP contribution in [-0.2, 0) is 4.74 Å². The summed E-state index contributed by atoms with van der Waals surface area (Å²) in [6.45, 7) is 7.72. The zero-order valence-corrected chi connectivity index (χ0v) is 17.7. The van der Waals surface area contributed by atoms with E-state index in [1.165, 1.54) is 5.69 Å². The monoisotopic (exact) mass is 410 g/mol. The van der Waals surface area contributed by atoms with E-state index in [9.17, 15) is 5.11 Å². The summed E-state index contributed by atoms with van der Waals surface area (Å²) in [4.78, 5) is 18.3. The van der Waals surface area contributed by atoms with Gasteiger partial charge in [-0.2, -0.15) is 0 Å². The van der Waals surface area contributed by atoms with Crippen molar-refractivity contribution in [1.82, 2.24) is 19.5 Å². The first-order valence-electron chi connectivity index (χ1n) is 10.8. The topological polar surface area (TPSA) is 79.5 Å². The number of hydrogen-bond donors (Lipinski definition) is 1. The second kappa shape index (κ2) is 9.40. The molecule has 2 aliphatic heterocycles. The minimum atomic E-state index is -0.125. The van der Waals surface area contributed by atoms with Crippen LogP contribution in [0, 0.1) is 0 Å². The Morgan fingerprint density at radius 2 is 1.70 bits per heavy atom. The number of aliphatic hydroxyl groups excluding tert-OH is 1. The van der Waals surface area contributed by atoms with Crippen molar-refractivity contribution in [2.24, 2.45) is 0 Å². The molecule has 0 bridgehead atoms. The summed E-state index contributed by atoms with van der Waals surface area (Å²) >= 11 is 0. The van der Waals surface area contributed by atoms with Gasteiger partial charge in [-0.3, -0.25) is 4.57 Å². The third kappa shape index (κ3) is 3.97. The van der Waals surface area contributed by atoms with Crippen molar-refractivity contribution in [3.8, 4) is 0 Å². The molecule has 2 aromatic heterocycles. The molecule has 0 saturated carbocycles. The molecular weight excluding hydrogens is 380 g/mol. The molecule has 0 spiro atoms. The maximum atomic E-state index is 9.33. The largest absolute Gasteiger partial charge is 0.394 e. The third-order valence-corrected chi connectivity index (χ3v) is 5.64. The quantitative estimate of drug-likeness (QED) is 0.708. The van der Waals surface area contributed by atoms with Crippen molar-refractivity contribution >= 4 is 22.7 Å². The van der Waals surface area contributed by atoms with Gasteiger partial charge >= 0.3 is 0 Å². The van der Waals surface area contributed by atoms with E-state index in [2.05, 4.69) is 49.0 Å². The molecule has 2 aliphatic rings. The summed E-state index contributed by atoms with van der Waals surface area (Å²) < 4.78 is 7.87. The van der Waals surface area contributed by atoms with Gasteiger partial charge in [0.1, 0.15) is 12.6 Å². The van der Waals surface area contributed by atoms with E-state index in [4.69, 9.17) is 4.74 Å². The van der Waals surface area contributed by atoms with Gasteiger partial charge in [0.25, 0.3) is 0 Å². The highest BCUT2D eigenvalue weighted by molar-refractivity contribution is 5.83. The lowest BCUT2D eigenvalue weighted by Crippen LogP contribution is -2.46. The summed E-state index contributed by atoms with van der Waals surface area (Å²) in [5.41, 5.74) is 2.86. The van der Waals surface area contributed by atoms with Crippen LogP contribution in [-0.4, -0.2) is 63.5 Å². The molecule has 30 heavy (non-hydrogen) atoms. The number of benzene rings is 1. The highest BCUT2D eigenvalue weighted by Gasteiger charge is 2.29. The summed E-state index contributed by atoms with van der Waals surface area (Å²) in [7, 11) is 0. The van der Waals surface area contributed by atoms with Crippen LogP contribution in [0.3, 0.4) is 0 Å². The van der Waals surface area contributed by atoms with Gasteiger partial charge in [-0.05, 0) is 25.0 Å². The first kappa shape index (κ1) is 20.6. The fourth-order valence-electron chi connectivity index (χ4n) is 4.12. The van der Waals surface area contributed by atoms with Gasteiger partial charge in [0.05, 0.1) is 19.0 Å². The number of aliphatic hydroxyl groups is 1. The van der Waals surface area contributed by atoms with Gasteiger partial charge < -0.3 is 19.6 Å². The lowest BCUT2D eigenvalue weighted by atomic mass is 10.2. The van der Waals surface area contributed by atoms with Crippen LogP contribution in [0.4, 0.5) is 11.5 Å². The van der Waals surface area contributed by atoms with Crippen LogP contribution in [0.5, 0.6) is 0 Å². The second-order valence-electron chi connectivity index (χ2n) is 7.30. The molecule has 3 aromatic rings. The number of fused-ring (bicyclic) bond motifs is 1. The molecule has 2 atom stereocenters. The second-order valence-corrected chi connectivity index (χ2v) is 7.30. The first-order valence-corrected chi connectivity index (χ1v) is 10.8. The van der Waals surface area contributed by atoms with Gasteiger partial charge in [-0.1, -0.05) is 32.0 Å². The maximum absolute atomic E-state index is 9.33. The molecular formula is C22H30N6O2. The Kier molecular flexibility index (Phi) is 6.44. The molecule has 8 heteroatoms. The summed E-state index contributed by atoms with van der Waals surface area (Å²) in [5, 5.41) is 9.33. The van der Waals surface area contributed by atoms with E-state index < -0.39 is 0 Å². The van der Waals surface area contributed by atoms with Crippen LogP contribution in [0.25, 0.3) is 11.2 Å². The number of imidazole rings is 1. The normalized spacial score (nSPS) is 21.6. The van der Waals surface area contributed by atoms with E-state index in [-0.39, 0.29) is 18.9 Å². The van der Waals surface area contributed by atoms with Crippen LogP contribution in [0.2, 0.25) is 0 Å². The van der Waals surface area contributed by atoms with Crippen molar-refractivity contribution < 1.29 is 9.84 Å². The molecule has 1 N–H and O–H groups in total. The Morgan fingerprint density at radius 3 is 2.40 bits per heavy atom. The van der Waals surface area contributed by atoms with Crippen molar-refractivity contribution in [3.05, 3.63) is 43.0 Å². The average molecular weight is 411 g/mol. The minimum Gasteiger partial charge on any atom is -0.394 e. The van der Waals surface area contributed by atoms with Gasteiger partial charge in [0, 0.05) is 31.9 Å². The summed E-state index contributed by atoms with van der Waals surface area (Å²) in [6, 6.07) is 10.5. The Morgan fingerprint density at radius 1 is 0.967 bits per heavy atom. The van der Waals surface area contributed by atoms with Gasteiger partial charge in [-0.25, -0.2) is 15.0 Å². The predicted octanol–water partition coefficient (Wildman–Crippen LogP) is 2.85. The molecule has 160 valence electrons. The summed E-state index contributed by atoms with van der Waals surface area (Å²) in [6.07, 6.45) is 4.87. The number of para-hydroxylation sites is 1. The van der Waals surface area contributed by atoms with E-state index in [1.54, 1.807) is 12.7 Å². The average Bonchev–Trinajstić information content (AvgIpc) is 3.48. The number of aromatic nitrogens is 4. The van der Waals surface area contributed by atoms with Gasteiger partial charge in [-0.15, -0.1) is 0 Å². The molecule has 0 aliphatic carbocycles. The first-order chi connectivity index (χ1) is 14.8. The Labute approximate surface area is 177 Å². The molecule has 0 radical (unpaired) electrons. The Hall–Kier alpha value is -2.71. The van der Waals surface area contributed by atoms with Crippen molar-refractivity contribution in [2.45, 2.75) is 39.0 Å². The lowest BCUT2D eigenvalue weighted by molar-refractivity contribution is -0.0207. The number of anilines is 2. The zero-order valence-electron chi connectivity index (χ0n) is 17.7. The smallest absolute Gasteiger partial charge is 0.167 e. The van der Waals surface area contributed by atoms with E-state index in [0.717, 1.165) is 56.0 Å². The predicted molar refractivity (Wildman–Crippen MR) is 118 cm³/mol. The van der Waals surface area contributed by atoms with Crippen molar-refractivity contribution in [3.63, 3.8) is 0 Å². The van der Waals surface area contributed by atoms with Crippen LogP contribution >= 0.6 is 0 Å². The fourth-order valence-corrected chi connectivity index (χ4v) is 4.12. The number of piperazine rings is 1. The highest BCUT2D eigenvalue weighted by Crippen LogP contribution is 2.32. The van der Waals surface area contributed by atoms with Crippen molar-refractivity contribution in [2.75, 3.05) is 42.6 Å². The Balaban J connectivity index is 0.00000106. The number of rotatable bonds is 4. The van der Waals surface area contributed by atoms with Crippen molar-refractivity contribution in [1.29, 1.82) is 0 Å². The molecule has 5 rings (SSSR count). The fraction of sp³-hybridized carbons (Fsp3) is 0.500. The van der Waals surface area contributed by atoms with Crippen LogP contribution in [0.15, 0.2) is 43.0 Å². The van der Waals surface area contributed by atoms with Crippen LogP contribution in [0.1, 0.15) is 32.9 Å². The van der Waals surface area contributed by atoms with E-state index in [1.807, 2.05) is 24.5 Å². The molecule has 1 aromatic carbocycles. The standard InChI is InChI=1S/C20H24N6O2.C2H6/c27-12-16-6-7-17(28-16)26-14-23-18-19(21-13-22-20(18)26)25-10-8-24(9-11-25)15-4-2-1-3-5-15;1-2/h1-5,13-14,16-17,27H,6-12H2;1-2H3. The highest BCUT2D eigenvalue weighted by atomic mass is 16.5. The maximum Gasteiger partial charge on any atom is 0.167 e. The van der Waals surface area contributed by atoms with Crippen LogP contribution < -0.4 is 9.80 Å². The molecule has 0 amide bonds.